The fraction of sp³-hybridized carbons (Fsp3) is 0.179. The molecule has 1 amide bonds. The summed E-state index contributed by atoms with van der Waals surface area (Å²) in [4.78, 5) is 44.0. The van der Waals surface area contributed by atoms with E-state index in [4.69, 9.17) is 10.7 Å². The van der Waals surface area contributed by atoms with Crippen molar-refractivity contribution in [3.05, 3.63) is 82.4 Å². The molecule has 0 saturated carbocycles. The molecule has 5 aromatic rings. The number of nitrogens with two attached hydrogens (primary N) is 1. The molecule has 0 aliphatic rings. The van der Waals surface area contributed by atoms with Crippen molar-refractivity contribution in [2.75, 3.05) is 10.6 Å². The first kappa shape index (κ1) is 23.9. The van der Waals surface area contributed by atoms with Crippen LogP contribution < -0.4 is 16.1 Å². The maximum Gasteiger partial charge on any atom is 0.229 e. The molecule has 1 aromatic carbocycles. The van der Waals surface area contributed by atoms with E-state index in [1.165, 1.54) is 6.92 Å². The fourth-order valence-corrected chi connectivity index (χ4v) is 4.63. The minimum atomic E-state index is -0.223. The summed E-state index contributed by atoms with van der Waals surface area (Å²) in [6, 6.07) is 15.0. The zero-order valence-corrected chi connectivity index (χ0v) is 21.1. The predicted molar refractivity (Wildman–Crippen MR) is 146 cm³/mol. The van der Waals surface area contributed by atoms with E-state index in [1.807, 2.05) is 67.8 Å². The molecule has 3 N–H and O–H groups in total. The van der Waals surface area contributed by atoms with Crippen LogP contribution in [0.3, 0.4) is 0 Å². The highest BCUT2D eigenvalue weighted by molar-refractivity contribution is 5.98. The lowest BCUT2D eigenvalue weighted by Gasteiger charge is -2.21. The zero-order valence-electron chi connectivity index (χ0n) is 21.1. The number of aromatic nitrogens is 5. The van der Waals surface area contributed by atoms with Gasteiger partial charge >= 0.3 is 0 Å². The molecule has 0 aliphatic heterocycles. The molecule has 186 valence electrons. The summed E-state index contributed by atoms with van der Waals surface area (Å²) in [7, 11) is 0. The van der Waals surface area contributed by atoms with Gasteiger partial charge in [-0.1, -0.05) is 12.1 Å². The molecule has 0 radical (unpaired) electrons. The summed E-state index contributed by atoms with van der Waals surface area (Å²) in [6.07, 6.45) is 3.24. The third kappa shape index (κ3) is 4.24. The van der Waals surface area contributed by atoms with Crippen LogP contribution in [0.25, 0.3) is 33.7 Å². The number of hydrogen-bond acceptors (Lipinski definition) is 6. The second kappa shape index (κ2) is 9.34. The highest BCUT2D eigenvalue weighted by Crippen LogP contribution is 2.30. The molecular formula is C28H27N7O2. The van der Waals surface area contributed by atoms with Crippen molar-refractivity contribution in [1.29, 1.82) is 0 Å². The molecular weight excluding hydrogens is 466 g/mol. The minimum Gasteiger partial charge on any atom is -0.384 e. The maximum absolute atomic E-state index is 13.3. The lowest BCUT2D eigenvalue weighted by molar-refractivity contribution is -0.115. The second-order valence-electron chi connectivity index (χ2n) is 8.88. The average Bonchev–Trinajstić information content (AvgIpc) is 3.38. The van der Waals surface area contributed by atoms with Crippen molar-refractivity contribution >= 4 is 34.3 Å². The van der Waals surface area contributed by atoms with Crippen LogP contribution in [0.15, 0.2) is 65.7 Å². The number of fused-ring (bicyclic) bond motifs is 1. The Bertz CT molecular complexity index is 1670. The van der Waals surface area contributed by atoms with Gasteiger partial charge in [0.25, 0.3) is 0 Å². The van der Waals surface area contributed by atoms with Gasteiger partial charge in [0.15, 0.2) is 0 Å². The molecule has 0 spiro atoms. The number of nitrogens with zero attached hydrogens (tertiary/aromatic N) is 5. The number of anilines is 3. The number of H-pyrrole nitrogens is 1. The van der Waals surface area contributed by atoms with Gasteiger partial charge in [0.05, 0.1) is 16.8 Å². The molecule has 37 heavy (non-hydrogen) atoms. The topological polar surface area (TPSA) is 123 Å². The number of imidazole rings is 1. The Kier molecular flexibility index (Phi) is 6.04. The van der Waals surface area contributed by atoms with E-state index in [2.05, 4.69) is 15.0 Å². The van der Waals surface area contributed by atoms with E-state index >= 15 is 0 Å². The van der Waals surface area contributed by atoms with Crippen LogP contribution in [0.5, 0.6) is 0 Å². The van der Waals surface area contributed by atoms with E-state index in [0.29, 0.717) is 52.0 Å². The summed E-state index contributed by atoms with van der Waals surface area (Å²) >= 11 is 0. The first-order valence-electron chi connectivity index (χ1n) is 12.0. The van der Waals surface area contributed by atoms with Gasteiger partial charge in [0, 0.05) is 37.1 Å². The van der Waals surface area contributed by atoms with E-state index in [1.54, 1.807) is 23.4 Å². The van der Waals surface area contributed by atoms with Crippen LogP contribution in [0.4, 0.5) is 17.3 Å². The molecule has 5 rings (SSSR count). The summed E-state index contributed by atoms with van der Waals surface area (Å²) in [5.41, 5.74) is 11.1. The van der Waals surface area contributed by atoms with Gasteiger partial charge < -0.3 is 15.3 Å². The second-order valence-corrected chi connectivity index (χ2v) is 8.88. The monoisotopic (exact) mass is 493 g/mol. The third-order valence-electron chi connectivity index (χ3n) is 6.25. The van der Waals surface area contributed by atoms with E-state index in [9.17, 15) is 9.59 Å². The van der Waals surface area contributed by atoms with Crippen molar-refractivity contribution in [3.8, 4) is 22.6 Å². The number of benzene rings is 1. The van der Waals surface area contributed by atoms with E-state index in [0.717, 1.165) is 16.8 Å². The highest BCUT2D eigenvalue weighted by atomic mass is 16.2. The maximum atomic E-state index is 13.3. The van der Waals surface area contributed by atoms with Crippen molar-refractivity contribution in [1.82, 2.24) is 24.5 Å². The molecule has 4 heterocycles. The first-order chi connectivity index (χ1) is 17.8. The van der Waals surface area contributed by atoms with Crippen LogP contribution in [0, 0.1) is 13.8 Å². The lowest BCUT2D eigenvalue weighted by Crippen LogP contribution is -2.24. The number of hydrogen-bond donors (Lipinski definition) is 2. The van der Waals surface area contributed by atoms with Gasteiger partial charge in [-0.3, -0.25) is 14.5 Å². The van der Waals surface area contributed by atoms with Crippen molar-refractivity contribution < 1.29 is 4.79 Å². The number of amides is 1. The third-order valence-corrected chi connectivity index (χ3v) is 6.25. The van der Waals surface area contributed by atoms with Gasteiger partial charge in [0.2, 0.25) is 11.3 Å². The van der Waals surface area contributed by atoms with Crippen molar-refractivity contribution in [2.24, 2.45) is 0 Å². The number of aromatic amines is 1. The fourth-order valence-electron chi connectivity index (χ4n) is 4.63. The Morgan fingerprint density at radius 1 is 1.08 bits per heavy atom. The van der Waals surface area contributed by atoms with Gasteiger partial charge in [-0.05, 0) is 62.7 Å². The molecule has 0 unspecified atom stereocenters. The van der Waals surface area contributed by atoms with Gasteiger partial charge in [-0.2, -0.15) is 0 Å². The Hall–Kier alpha value is -4.79. The number of rotatable bonds is 5. The largest absolute Gasteiger partial charge is 0.384 e. The van der Waals surface area contributed by atoms with Crippen LogP contribution in [-0.4, -0.2) is 30.4 Å². The Morgan fingerprint density at radius 3 is 2.46 bits per heavy atom. The Balaban J connectivity index is 1.58. The zero-order chi connectivity index (χ0) is 26.3. The summed E-state index contributed by atoms with van der Waals surface area (Å²) in [6.45, 7) is 7.88. The molecule has 9 heteroatoms. The summed E-state index contributed by atoms with van der Waals surface area (Å²) < 4.78 is 1.82. The van der Waals surface area contributed by atoms with Gasteiger partial charge in [-0.25, -0.2) is 15.0 Å². The van der Waals surface area contributed by atoms with Crippen molar-refractivity contribution in [2.45, 2.75) is 34.2 Å². The number of carbonyl (C=O) groups is 1. The minimum absolute atomic E-state index is 0.135. The number of pyridine rings is 3. The summed E-state index contributed by atoms with van der Waals surface area (Å²) in [5, 5.41) is 0.464. The standard InChI is InChI=1S/C28H27N7O2/c1-5-34-26(29)24(27-30-12-13-31-27)25(37)21-10-11-22(33-28(21)34)19-6-8-20(9-7-19)35(18(4)36)23-15-16(2)14-17(3)32-23/h6-15H,5,29H2,1-4H3,(H,30,31). The number of nitrogen functional groups attached to an aromatic ring is 1. The predicted octanol–water partition coefficient (Wildman–Crippen LogP) is 4.75. The Morgan fingerprint density at radius 2 is 1.84 bits per heavy atom. The van der Waals surface area contributed by atoms with E-state index in [-0.39, 0.29) is 11.3 Å². The normalized spacial score (nSPS) is 11.1. The molecule has 0 saturated heterocycles. The van der Waals surface area contributed by atoms with Crippen molar-refractivity contribution in [3.63, 3.8) is 0 Å². The molecule has 4 aromatic heterocycles. The average molecular weight is 494 g/mol. The highest BCUT2D eigenvalue weighted by Gasteiger charge is 2.20. The number of aryl methyl sites for hydroxylation is 3. The summed E-state index contributed by atoms with van der Waals surface area (Å²) in [5.74, 6) is 1.19. The molecule has 0 atom stereocenters. The molecule has 0 fully saturated rings. The SMILES string of the molecule is CCn1c(N)c(-c2ncc[nH]2)c(=O)c2ccc(-c3ccc(N(C(C)=O)c4cc(C)cc(C)n4)cc3)nc21. The number of carbonyl (C=O) groups excluding carboxylic acids is 1. The molecule has 0 aliphatic carbocycles. The molecule has 0 bridgehead atoms. The van der Waals surface area contributed by atoms with Gasteiger partial charge in [-0.15, -0.1) is 0 Å². The Labute approximate surface area is 213 Å². The smallest absolute Gasteiger partial charge is 0.229 e. The van der Waals surface area contributed by atoms with Crippen LogP contribution in [0.2, 0.25) is 0 Å². The molecule has 9 nitrogen and oxygen atoms in total. The van der Waals surface area contributed by atoms with Crippen LogP contribution >= 0.6 is 0 Å². The van der Waals surface area contributed by atoms with Crippen LogP contribution in [-0.2, 0) is 11.3 Å². The van der Waals surface area contributed by atoms with Crippen LogP contribution in [0.1, 0.15) is 25.1 Å². The number of nitrogens with one attached hydrogen (secondary N) is 1. The van der Waals surface area contributed by atoms with Gasteiger partial charge in [0.1, 0.15) is 28.7 Å². The quantitative estimate of drug-likeness (QED) is 0.364. The first-order valence-corrected chi connectivity index (χ1v) is 12.0. The lowest BCUT2D eigenvalue weighted by atomic mass is 10.1. The van der Waals surface area contributed by atoms with E-state index < -0.39 is 0 Å².